The average molecular weight is 278 g/mol. The van der Waals surface area contributed by atoms with Crippen molar-refractivity contribution in [2.75, 3.05) is 11.9 Å². The van der Waals surface area contributed by atoms with E-state index in [1.54, 1.807) is 12.1 Å². The Labute approximate surface area is 110 Å². The van der Waals surface area contributed by atoms with Gasteiger partial charge in [0.05, 0.1) is 19.0 Å². The molecule has 0 atom stereocenters. The molecule has 10 nitrogen and oxygen atoms in total. The number of amides is 1. The minimum atomic E-state index is -0.729. The van der Waals surface area contributed by atoms with Gasteiger partial charge in [0.2, 0.25) is 5.82 Å². The van der Waals surface area contributed by atoms with Gasteiger partial charge in [-0.25, -0.2) is 15.3 Å². The molecule has 20 heavy (non-hydrogen) atoms. The third-order valence-electron chi connectivity index (χ3n) is 2.05. The molecule has 0 aromatic carbocycles. The summed E-state index contributed by atoms with van der Waals surface area (Å²) in [4.78, 5) is 35.3. The second-order valence-corrected chi connectivity index (χ2v) is 3.52. The molecular formula is C10H10N6O4. The van der Waals surface area contributed by atoms with Crippen molar-refractivity contribution in [3.63, 3.8) is 0 Å². The van der Waals surface area contributed by atoms with Crippen molar-refractivity contribution in [2.45, 2.75) is 0 Å². The number of anilines is 1. The summed E-state index contributed by atoms with van der Waals surface area (Å²) in [6.45, 7) is -0.238. The largest absolute Gasteiger partial charge is 0.463 e. The quantitative estimate of drug-likeness (QED) is 0.391. The summed E-state index contributed by atoms with van der Waals surface area (Å²) in [5, 5.41) is 11.6. The molecule has 0 aliphatic rings. The van der Waals surface area contributed by atoms with E-state index in [2.05, 4.69) is 20.9 Å². The molecular weight excluding hydrogens is 268 g/mol. The summed E-state index contributed by atoms with van der Waals surface area (Å²) in [5.74, 6) is -0.188. The van der Waals surface area contributed by atoms with Gasteiger partial charge in [0.25, 0.3) is 11.5 Å². The van der Waals surface area contributed by atoms with Crippen LogP contribution in [0.4, 0.5) is 5.82 Å². The number of furan rings is 1. The smallest absolute Gasteiger partial charge is 0.342 e. The van der Waals surface area contributed by atoms with Gasteiger partial charge in [-0.1, -0.05) is 0 Å². The number of carbonyl (C=O) groups is 1. The first-order valence-corrected chi connectivity index (χ1v) is 5.43. The zero-order chi connectivity index (χ0) is 14.4. The van der Waals surface area contributed by atoms with E-state index in [0.717, 1.165) is 0 Å². The van der Waals surface area contributed by atoms with E-state index in [-0.39, 0.29) is 12.4 Å². The predicted octanol–water partition coefficient (Wildman–Crippen LogP) is -1.39. The van der Waals surface area contributed by atoms with Gasteiger partial charge in [-0.15, -0.1) is 5.10 Å². The van der Waals surface area contributed by atoms with E-state index in [0.29, 0.717) is 5.76 Å². The molecule has 0 fully saturated rings. The fraction of sp³-hybridized carbons (Fsp3) is 0.100. The van der Waals surface area contributed by atoms with Gasteiger partial charge in [0.1, 0.15) is 5.76 Å². The Morgan fingerprint density at radius 2 is 2.35 bits per heavy atom. The highest BCUT2D eigenvalue weighted by Gasteiger charge is 2.04. The minimum Gasteiger partial charge on any atom is -0.463 e. The standard InChI is InChI=1S/C10H10N6O4/c17-7(14-12-4-6-2-1-3-20-6)5-11-8-9(18)13-10(19)16-15-8/h1-4H,5H2,(H,11,15)(H,14,17)(H2,13,16,18,19)/b12-4+. The molecule has 0 radical (unpaired) electrons. The Hall–Kier alpha value is -3.17. The fourth-order valence-corrected chi connectivity index (χ4v) is 1.20. The van der Waals surface area contributed by atoms with Crippen LogP contribution < -0.4 is 22.0 Å². The van der Waals surface area contributed by atoms with Crippen molar-refractivity contribution < 1.29 is 9.21 Å². The van der Waals surface area contributed by atoms with E-state index in [1.165, 1.54) is 12.5 Å². The van der Waals surface area contributed by atoms with Crippen LogP contribution in [0.1, 0.15) is 5.76 Å². The lowest BCUT2D eigenvalue weighted by Gasteiger charge is -2.01. The SMILES string of the molecule is O=C(CNc1n[nH]c(=O)[nH]c1=O)N/N=C/c1ccco1. The molecule has 4 N–H and O–H groups in total. The van der Waals surface area contributed by atoms with Crippen LogP contribution in [0, 0.1) is 0 Å². The van der Waals surface area contributed by atoms with Crippen LogP contribution in [0.15, 0.2) is 37.5 Å². The van der Waals surface area contributed by atoms with Crippen molar-refractivity contribution in [3.8, 4) is 0 Å². The second kappa shape index (κ2) is 6.13. The Morgan fingerprint density at radius 1 is 1.50 bits per heavy atom. The molecule has 1 amide bonds. The van der Waals surface area contributed by atoms with E-state index in [4.69, 9.17) is 4.42 Å². The van der Waals surface area contributed by atoms with Crippen molar-refractivity contribution >= 4 is 17.9 Å². The summed E-state index contributed by atoms with van der Waals surface area (Å²) >= 11 is 0. The lowest BCUT2D eigenvalue weighted by molar-refractivity contribution is -0.119. The number of hydrogen-bond acceptors (Lipinski definition) is 7. The number of aromatic nitrogens is 3. The van der Waals surface area contributed by atoms with Crippen LogP contribution in [-0.2, 0) is 4.79 Å². The van der Waals surface area contributed by atoms with E-state index >= 15 is 0 Å². The zero-order valence-corrected chi connectivity index (χ0v) is 10.0. The minimum absolute atomic E-state index is 0.172. The number of carbonyl (C=O) groups excluding carboxylic acids is 1. The molecule has 2 aromatic rings. The first kappa shape index (κ1) is 13.3. The van der Waals surface area contributed by atoms with Crippen molar-refractivity contribution in [2.24, 2.45) is 5.10 Å². The van der Waals surface area contributed by atoms with Crippen molar-refractivity contribution in [3.05, 3.63) is 45.0 Å². The monoisotopic (exact) mass is 278 g/mol. The molecule has 10 heteroatoms. The highest BCUT2D eigenvalue weighted by Crippen LogP contribution is 1.94. The second-order valence-electron chi connectivity index (χ2n) is 3.52. The molecule has 2 aromatic heterocycles. The third kappa shape index (κ3) is 3.66. The Balaban J connectivity index is 1.83. The normalized spacial score (nSPS) is 10.6. The Bertz CT molecular complexity index is 714. The van der Waals surface area contributed by atoms with Gasteiger partial charge < -0.3 is 9.73 Å². The average Bonchev–Trinajstić information content (AvgIpc) is 2.91. The van der Waals surface area contributed by atoms with Crippen LogP contribution in [0.25, 0.3) is 0 Å². The number of hydrogen-bond donors (Lipinski definition) is 4. The maximum atomic E-state index is 11.4. The lowest BCUT2D eigenvalue weighted by Crippen LogP contribution is -2.31. The number of hydrazone groups is 1. The lowest BCUT2D eigenvalue weighted by atomic mass is 10.5. The maximum Gasteiger partial charge on any atom is 0.342 e. The summed E-state index contributed by atoms with van der Waals surface area (Å²) < 4.78 is 4.97. The molecule has 0 aliphatic heterocycles. The fourth-order valence-electron chi connectivity index (χ4n) is 1.20. The summed E-state index contributed by atoms with van der Waals surface area (Å²) in [6, 6.07) is 3.34. The van der Waals surface area contributed by atoms with Crippen LogP contribution in [0.3, 0.4) is 0 Å². The van der Waals surface area contributed by atoms with Gasteiger partial charge in [0, 0.05) is 0 Å². The molecule has 0 saturated heterocycles. The van der Waals surface area contributed by atoms with Crippen molar-refractivity contribution in [1.29, 1.82) is 0 Å². The van der Waals surface area contributed by atoms with E-state index < -0.39 is 17.2 Å². The van der Waals surface area contributed by atoms with Crippen LogP contribution in [-0.4, -0.2) is 33.8 Å². The van der Waals surface area contributed by atoms with E-state index in [1.807, 2.05) is 10.1 Å². The first-order valence-electron chi connectivity index (χ1n) is 5.43. The molecule has 0 unspecified atom stereocenters. The van der Waals surface area contributed by atoms with E-state index in [9.17, 15) is 14.4 Å². The molecule has 0 bridgehead atoms. The van der Waals surface area contributed by atoms with Crippen LogP contribution in [0.5, 0.6) is 0 Å². The summed E-state index contributed by atoms with van der Waals surface area (Å²) in [7, 11) is 0. The Morgan fingerprint density at radius 3 is 3.05 bits per heavy atom. The third-order valence-corrected chi connectivity index (χ3v) is 2.05. The highest BCUT2D eigenvalue weighted by molar-refractivity contribution is 5.82. The van der Waals surface area contributed by atoms with Gasteiger partial charge in [-0.3, -0.25) is 14.6 Å². The van der Waals surface area contributed by atoms with Gasteiger partial charge in [0.15, 0.2) is 0 Å². The van der Waals surface area contributed by atoms with Crippen LogP contribution >= 0.6 is 0 Å². The molecule has 2 heterocycles. The number of nitrogens with zero attached hydrogens (tertiary/aromatic N) is 2. The molecule has 0 saturated carbocycles. The number of rotatable bonds is 5. The maximum absolute atomic E-state index is 11.4. The molecule has 0 spiro atoms. The highest BCUT2D eigenvalue weighted by atomic mass is 16.3. The van der Waals surface area contributed by atoms with Gasteiger partial charge in [-0.05, 0) is 12.1 Å². The zero-order valence-electron chi connectivity index (χ0n) is 10.0. The number of aromatic amines is 2. The molecule has 104 valence electrons. The van der Waals surface area contributed by atoms with Gasteiger partial charge in [-0.2, -0.15) is 5.10 Å². The van der Waals surface area contributed by atoms with Gasteiger partial charge >= 0.3 is 5.69 Å². The predicted molar refractivity (Wildman–Crippen MR) is 68.4 cm³/mol. The first-order chi connectivity index (χ1) is 9.65. The summed E-state index contributed by atoms with van der Waals surface area (Å²) in [5.41, 5.74) is 0.768. The Kier molecular flexibility index (Phi) is 4.07. The van der Waals surface area contributed by atoms with Crippen LogP contribution in [0.2, 0.25) is 0 Å². The number of nitrogens with one attached hydrogen (secondary N) is 4. The molecule has 2 rings (SSSR count). The number of H-pyrrole nitrogens is 2. The summed E-state index contributed by atoms with van der Waals surface area (Å²) in [6.07, 6.45) is 2.79. The topological polar surface area (TPSA) is 145 Å². The molecule has 0 aliphatic carbocycles. The van der Waals surface area contributed by atoms with Crippen molar-refractivity contribution in [1.82, 2.24) is 20.6 Å².